The summed E-state index contributed by atoms with van der Waals surface area (Å²) in [5.41, 5.74) is 0.436. The number of aliphatic hydroxyl groups is 1. The van der Waals surface area contributed by atoms with Crippen LogP contribution in [0.15, 0.2) is 84.4 Å². The van der Waals surface area contributed by atoms with Gasteiger partial charge in [0.2, 0.25) is 17.6 Å². The van der Waals surface area contributed by atoms with Gasteiger partial charge in [0.05, 0.1) is 13.2 Å². The molecule has 0 aliphatic heterocycles. The summed E-state index contributed by atoms with van der Waals surface area (Å²) < 4.78 is 4.76. The van der Waals surface area contributed by atoms with Crippen molar-refractivity contribution in [1.82, 2.24) is 10.6 Å². The van der Waals surface area contributed by atoms with Gasteiger partial charge in [0, 0.05) is 6.08 Å². The molecule has 4 N–H and O–H groups in total. The Balaban J connectivity index is 4.96. The van der Waals surface area contributed by atoms with Crippen LogP contribution in [-0.2, 0) is 19.1 Å². The zero-order valence-electron chi connectivity index (χ0n) is 23.6. The van der Waals surface area contributed by atoms with E-state index in [0.29, 0.717) is 12.8 Å². The second kappa shape index (κ2) is 18.6. The molecule has 0 rings (SSSR count). The number of carboxylic acid groups (broad SMARTS) is 1. The monoisotopic (exact) mass is 528 g/mol. The van der Waals surface area contributed by atoms with Gasteiger partial charge in [-0.2, -0.15) is 0 Å². The third kappa shape index (κ3) is 16.2. The number of amides is 2. The first-order valence-corrected chi connectivity index (χ1v) is 12.6. The van der Waals surface area contributed by atoms with E-state index in [1.807, 2.05) is 71.9 Å². The molecule has 210 valence electrons. The summed E-state index contributed by atoms with van der Waals surface area (Å²) in [6, 6.07) is -0.760. The van der Waals surface area contributed by atoms with Gasteiger partial charge in [-0.1, -0.05) is 88.0 Å². The van der Waals surface area contributed by atoms with Crippen molar-refractivity contribution in [2.24, 2.45) is 11.3 Å². The van der Waals surface area contributed by atoms with E-state index in [2.05, 4.69) is 10.6 Å². The largest absolute Gasteiger partial charge is 0.490 e. The minimum atomic E-state index is -1.13. The van der Waals surface area contributed by atoms with Crippen molar-refractivity contribution in [2.75, 3.05) is 7.11 Å². The fourth-order valence-corrected chi connectivity index (χ4v) is 3.13. The van der Waals surface area contributed by atoms with Gasteiger partial charge in [0.15, 0.2) is 0 Å². The Hall–Kier alpha value is -3.65. The molecule has 3 unspecified atom stereocenters. The van der Waals surface area contributed by atoms with Crippen molar-refractivity contribution in [3.63, 3.8) is 0 Å². The first-order chi connectivity index (χ1) is 17.8. The Morgan fingerprint density at radius 1 is 1.03 bits per heavy atom. The summed E-state index contributed by atoms with van der Waals surface area (Å²) in [4.78, 5) is 36.0. The van der Waals surface area contributed by atoms with Gasteiger partial charge >= 0.3 is 5.97 Å². The predicted octanol–water partition coefficient (Wildman–Crippen LogP) is 4.73. The molecule has 8 heteroatoms. The summed E-state index contributed by atoms with van der Waals surface area (Å²) in [5, 5.41) is 24.2. The number of ether oxygens (including phenoxy) is 1. The summed E-state index contributed by atoms with van der Waals surface area (Å²) >= 11 is 0. The molecule has 0 aliphatic carbocycles. The first kappa shape index (κ1) is 34.4. The highest BCUT2D eigenvalue weighted by molar-refractivity contribution is 5.93. The molecule has 38 heavy (non-hydrogen) atoms. The predicted molar refractivity (Wildman–Crippen MR) is 152 cm³/mol. The van der Waals surface area contributed by atoms with Crippen molar-refractivity contribution >= 4 is 17.8 Å². The van der Waals surface area contributed by atoms with Crippen LogP contribution in [0.5, 0.6) is 0 Å². The lowest BCUT2D eigenvalue weighted by atomic mass is 9.86. The number of rotatable bonds is 15. The molecule has 0 saturated carbocycles. The molecule has 0 bridgehead atoms. The van der Waals surface area contributed by atoms with Crippen LogP contribution in [-0.4, -0.2) is 47.3 Å². The molecule has 0 fully saturated rings. The molecular formula is C30H44N2O6. The SMILES string of the molecule is CC=CCC(O)CC=CNC(=O)C(NC(=O)C=CC=CC(C)=CC(C)C=CC=C(OC)C(=O)O)C(C)(C)C. The molecule has 0 heterocycles. The fourth-order valence-electron chi connectivity index (χ4n) is 3.13. The molecule has 3 atom stereocenters. The van der Waals surface area contributed by atoms with E-state index in [0.717, 1.165) is 5.57 Å². The normalized spacial score (nSPS) is 16.0. The van der Waals surface area contributed by atoms with Crippen molar-refractivity contribution in [1.29, 1.82) is 0 Å². The number of hydrogen-bond donors (Lipinski definition) is 4. The molecule has 0 saturated heterocycles. The fraction of sp³-hybridized carbons (Fsp3) is 0.433. The lowest BCUT2D eigenvalue weighted by Crippen LogP contribution is -2.52. The lowest BCUT2D eigenvalue weighted by Gasteiger charge is -2.29. The molecule has 0 aromatic heterocycles. The van der Waals surface area contributed by atoms with E-state index < -0.39 is 29.4 Å². The van der Waals surface area contributed by atoms with Crippen LogP contribution in [0.4, 0.5) is 0 Å². The molecule has 0 aromatic rings. The van der Waals surface area contributed by atoms with Crippen LogP contribution >= 0.6 is 0 Å². The lowest BCUT2D eigenvalue weighted by molar-refractivity contribution is -0.136. The summed E-state index contributed by atoms with van der Waals surface area (Å²) in [5.74, 6) is -1.96. The van der Waals surface area contributed by atoms with Gasteiger partial charge in [-0.25, -0.2) is 4.79 Å². The molecule has 2 amide bonds. The van der Waals surface area contributed by atoms with E-state index in [9.17, 15) is 19.5 Å². The number of carboxylic acids is 1. The van der Waals surface area contributed by atoms with Gasteiger partial charge in [-0.3, -0.25) is 9.59 Å². The average molecular weight is 529 g/mol. The van der Waals surface area contributed by atoms with Gasteiger partial charge in [-0.05, 0) is 50.3 Å². The number of aliphatic hydroxyl groups excluding tert-OH is 1. The number of aliphatic carboxylic acids is 1. The second-order valence-corrected chi connectivity index (χ2v) is 9.83. The Bertz CT molecular complexity index is 977. The maximum atomic E-state index is 12.7. The van der Waals surface area contributed by atoms with Gasteiger partial charge in [0.25, 0.3) is 0 Å². The van der Waals surface area contributed by atoms with Gasteiger partial charge < -0.3 is 25.6 Å². The number of methoxy groups -OCH3 is 1. The minimum absolute atomic E-state index is 0.0478. The highest BCUT2D eigenvalue weighted by Gasteiger charge is 2.31. The maximum Gasteiger partial charge on any atom is 0.371 e. The summed E-state index contributed by atoms with van der Waals surface area (Å²) in [6.07, 6.45) is 20.7. The number of nitrogens with one attached hydrogen (secondary N) is 2. The minimum Gasteiger partial charge on any atom is -0.490 e. The number of allylic oxidation sites excluding steroid dienone is 9. The molecule has 0 aliphatic rings. The first-order valence-electron chi connectivity index (χ1n) is 12.6. The van der Waals surface area contributed by atoms with E-state index in [4.69, 9.17) is 9.84 Å². The molecule has 8 nitrogen and oxygen atoms in total. The molecule has 0 radical (unpaired) electrons. The maximum absolute atomic E-state index is 12.7. The smallest absolute Gasteiger partial charge is 0.371 e. The molecule has 0 spiro atoms. The van der Waals surface area contributed by atoms with Crippen LogP contribution in [0.25, 0.3) is 0 Å². The van der Waals surface area contributed by atoms with Crippen molar-refractivity contribution in [3.05, 3.63) is 84.4 Å². The zero-order chi connectivity index (χ0) is 29.1. The summed E-state index contributed by atoms with van der Waals surface area (Å²) in [6.45, 7) is 11.3. The third-order valence-electron chi connectivity index (χ3n) is 5.15. The highest BCUT2D eigenvalue weighted by atomic mass is 16.5. The molecular weight excluding hydrogens is 484 g/mol. The third-order valence-corrected chi connectivity index (χ3v) is 5.15. The number of carbonyl (C=O) groups excluding carboxylic acids is 2. The van der Waals surface area contributed by atoms with Crippen molar-refractivity contribution in [2.45, 2.75) is 66.5 Å². The molecule has 0 aromatic carbocycles. The Labute approximate surface area is 227 Å². The van der Waals surface area contributed by atoms with Gasteiger partial charge in [0.1, 0.15) is 6.04 Å². The Morgan fingerprint density at radius 3 is 2.24 bits per heavy atom. The number of hydrogen-bond acceptors (Lipinski definition) is 5. The van der Waals surface area contributed by atoms with Crippen LogP contribution in [0.2, 0.25) is 0 Å². The van der Waals surface area contributed by atoms with Crippen molar-refractivity contribution in [3.8, 4) is 0 Å². The quantitative estimate of drug-likeness (QED) is 0.105. The van der Waals surface area contributed by atoms with Gasteiger partial charge in [-0.15, -0.1) is 0 Å². The Morgan fingerprint density at radius 2 is 1.66 bits per heavy atom. The van der Waals surface area contributed by atoms with E-state index in [1.54, 1.807) is 24.3 Å². The summed E-state index contributed by atoms with van der Waals surface area (Å²) in [7, 11) is 1.30. The van der Waals surface area contributed by atoms with Crippen LogP contribution in [0.1, 0.15) is 54.4 Å². The topological polar surface area (TPSA) is 125 Å². The van der Waals surface area contributed by atoms with Crippen LogP contribution < -0.4 is 10.6 Å². The average Bonchev–Trinajstić information content (AvgIpc) is 2.83. The van der Waals surface area contributed by atoms with E-state index in [1.165, 1.54) is 25.5 Å². The second-order valence-electron chi connectivity index (χ2n) is 9.83. The zero-order valence-corrected chi connectivity index (χ0v) is 23.6. The Kier molecular flexibility index (Phi) is 16.8. The standard InChI is InChI=1S/C30H44N2O6/c1-8-9-16-24(33)17-13-20-31-28(35)27(30(4,5)6)32-26(34)19-11-10-14-22(2)21-23(3)15-12-18-25(38-7)29(36)37/h8-15,18-21,23-24,27,33H,16-17H2,1-7H3,(H,31,35)(H,32,34)(H,36,37). The van der Waals surface area contributed by atoms with E-state index in [-0.39, 0.29) is 17.6 Å². The van der Waals surface area contributed by atoms with Crippen LogP contribution in [0.3, 0.4) is 0 Å². The van der Waals surface area contributed by atoms with E-state index >= 15 is 0 Å². The van der Waals surface area contributed by atoms with Crippen LogP contribution in [0, 0.1) is 11.3 Å². The highest BCUT2D eigenvalue weighted by Crippen LogP contribution is 2.19. The number of carbonyl (C=O) groups is 3. The van der Waals surface area contributed by atoms with Crippen molar-refractivity contribution < 1.29 is 29.3 Å².